The summed E-state index contributed by atoms with van der Waals surface area (Å²) in [5.74, 6) is -0.125. The third-order valence-corrected chi connectivity index (χ3v) is 5.60. The predicted molar refractivity (Wildman–Crippen MR) is 107 cm³/mol. The number of ether oxygens (including phenoxy) is 1. The van der Waals surface area contributed by atoms with Crippen LogP contribution >= 0.6 is 0 Å². The third kappa shape index (κ3) is 4.71. The molecule has 0 bridgehead atoms. The lowest BCUT2D eigenvalue weighted by Gasteiger charge is -2.28. The molecular weight excluding hydrogens is 413 g/mol. The van der Waals surface area contributed by atoms with E-state index in [-0.39, 0.29) is 17.3 Å². The first-order valence-corrected chi connectivity index (χ1v) is 10.1. The van der Waals surface area contributed by atoms with E-state index < -0.39 is 18.8 Å². The predicted octanol–water partition coefficient (Wildman–Crippen LogP) is 3.92. The van der Waals surface area contributed by atoms with Gasteiger partial charge < -0.3 is 10.1 Å². The number of halogens is 3. The van der Waals surface area contributed by atoms with Crippen molar-refractivity contribution in [1.82, 2.24) is 25.0 Å². The van der Waals surface area contributed by atoms with Gasteiger partial charge in [0.1, 0.15) is 18.3 Å². The number of hydrogen-bond acceptors (Lipinski definition) is 5. The first-order valence-electron chi connectivity index (χ1n) is 10.1. The zero-order valence-corrected chi connectivity index (χ0v) is 16.9. The van der Waals surface area contributed by atoms with Crippen LogP contribution < -0.4 is 5.32 Å². The van der Waals surface area contributed by atoms with E-state index in [1.54, 1.807) is 0 Å². The van der Waals surface area contributed by atoms with Gasteiger partial charge in [-0.3, -0.25) is 19.6 Å². The fourth-order valence-corrected chi connectivity index (χ4v) is 4.14. The Morgan fingerprint density at radius 2 is 2.06 bits per heavy atom. The summed E-state index contributed by atoms with van der Waals surface area (Å²) in [4.78, 5) is 17.2. The second kappa shape index (κ2) is 8.66. The number of carbonyl (C=O) groups is 1. The van der Waals surface area contributed by atoms with Crippen LogP contribution in [0, 0.1) is 5.92 Å². The van der Waals surface area contributed by atoms with Gasteiger partial charge in [0, 0.05) is 18.7 Å². The number of nitrogens with zero attached hydrogens (tertiary/aromatic N) is 4. The van der Waals surface area contributed by atoms with E-state index in [2.05, 4.69) is 25.6 Å². The number of aromatic nitrogens is 5. The molecule has 31 heavy (non-hydrogen) atoms. The zero-order chi connectivity index (χ0) is 22.0. The molecule has 3 aromatic heterocycles. The fraction of sp³-hybridized carbons (Fsp3) is 0.500. The largest absolute Gasteiger partial charge is 0.408 e. The van der Waals surface area contributed by atoms with Gasteiger partial charge in [-0.15, -0.1) is 0 Å². The smallest absolute Gasteiger partial charge is 0.371 e. The van der Waals surface area contributed by atoms with Crippen LogP contribution in [0.25, 0.3) is 22.3 Å². The maximum Gasteiger partial charge on any atom is 0.408 e. The lowest BCUT2D eigenvalue weighted by molar-refractivity contribution is -0.141. The van der Waals surface area contributed by atoms with E-state index in [1.807, 2.05) is 0 Å². The molecule has 4 rings (SSSR count). The van der Waals surface area contributed by atoms with E-state index >= 15 is 0 Å². The van der Waals surface area contributed by atoms with Crippen molar-refractivity contribution in [2.75, 3.05) is 12.4 Å². The molecule has 1 fully saturated rings. The Balaban J connectivity index is 1.58. The number of pyridine rings is 1. The van der Waals surface area contributed by atoms with Crippen LogP contribution in [0.1, 0.15) is 32.1 Å². The molecule has 8 nitrogen and oxygen atoms in total. The average molecular weight is 436 g/mol. The number of alkyl halides is 3. The quantitative estimate of drug-likeness (QED) is 0.611. The summed E-state index contributed by atoms with van der Waals surface area (Å²) in [6, 6.07) is 1.49. The summed E-state index contributed by atoms with van der Waals surface area (Å²) in [7, 11) is 1.52. The molecule has 0 saturated heterocycles. The van der Waals surface area contributed by atoms with Crippen molar-refractivity contribution >= 4 is 22.5 Å². The summed E-state index contributed by atoms with van der Waals surface area (Å²) in [6.45, 7) is -1.20. The average Bonchev–Trinajstić information content (AvgIpc) is 3.35. The highest BCUT2D eigenvalue weighted by Gasteiger charge is 2.31. The summed E-state index contributed by atoms with van der Waals surface area (Å²) < 4.78 is 44.9. The van der Waals surface area contributed by atoms with Crippen molar-refractivity contribution < 1.29 is 22.7 Å². The molecule has 0 spiro atoms. The Labute approximate surface area is 176 Å². The Bertz CT molecular complexity index is 1050. The number of amides is 1. The molecule has 11 heteroatoms. The second-order valence-corrected chi connectivity index (χ2v) is 7.75. The molecule has 1 aliphatic rings. The summed E-state index contributed by atoms with van der Waals surface area (Å²) in [6.07, 6.45) is 4.43. The Morgan fingerprint density at radius 1 is 1.29 bits per heavy atom. The highest BCUT2D eigenvalue weighted by Crippen LogP contribution is 2.31. The molecule has 1 atom stereocenters. The number of H-pyrrole nitrogens is 1. The van der Waals surface area contributed by atoms with E-state index in [4.69, 9.17) is 4.74 Å². The maximum atomic E-state index is 12.9. The number of nitrogens with one attached hydrogen (secondary N) is 2. The van der Waals surface area contributed by atoms with E-state index in [9.17, 15) is 18.0 Å². The number of methoxy groups -OCH3 is 1. The Morgan fingerprint density at radius 3 is 2.77 bits per heavy atom. The molecular formula is C20H23F3N6O2. The van der Waals surface area contributed by atoms with Gasteiger partial charge >= 0.3 is 6.18 Å². The van der Waals surface area contributed by atoms with Crippen LogP contribution in [0.15, 0.2) is 24.7 Å². The normalized spacial score (nSPS) is 16.5. The molecule has 166 valence electrons. The molecule has 2 N–H and O–H groups in total. The van der Waals surface area contributed by atoms with Gasteiger partial charge in [0.15, 0.2) is 0 Å². The van der Waals surface area contributed by atoms with Gasteiger partial charge in [-0.2, -0.15) is 23.4 Å². The van der Waals surface area contributed by atoms with Crippen LogP contribution in [-0.2, 0) is 16.1 Å². The first-order chi connectivity index (χ1) is 14.9. The molecule has 0 aromatic carbocycles. The van der Waals surface area contributed by atoms with Crippen LogP contribution in [0.3, 0.4) is 0 Å². The second-order valence-electron chi connectivity index (χ2n) is 7.75. The SMILES string of the molecule is COC(C(=O)Nc1cn[nH]c1-c1cc2c(cn1)cnn2CC(F)(F)F)C1CCCCC1. The molecule has 0 aliphatic heterocycles. The van der Waals surface area contributed by atoms with Crippen LogP contribution in [0.4, 0.5) is 18.9 Å². The number of aromatic amines is 1. The molecule has 3 aromatic rings. The van der Waals surface area contributed by atoms with Crippen molar-refractivity contribution in [2.24, 2.45) is 5.92 Å². The van der Waals surface area contributed by atoms with Crippen molar-refractivity contribution in [3.63, 3.8) is 0 Å². The number of fused-ring (bicyclic) bond motifs is 1. The van der Waals surface area contributed by atoms with Gasteiger partial charge in [0.25, 0.3) is 5.91 Å². The molecule has 1 amide bonds. The van der Waals surface area contributed by atoms with E-state index in [0.717, 1.165) is 30.4 Å². The van der Waals surface area contributed by atoms with E-state index in [1.165, 1.54) is 38.2 Å². The highest BCUT2D eigenvalue weighted by molar-refractivity contribution is 5.97. The lowest BCUT2D eigenvalue weighted by Crippen LogP contribution is -2.37. The Kier molecular flexibility index (Phi) is 5.94. The van der Waals surface area contributed by atoms with Crippen LogP contribution in [0.2, 0.25) is 0 Å². The van der Waals surface area contributed by atoms with Gasteiger partial charge in [-0.25, -0.2) is 0 Å². The Hall–Kier alpha value is -2.95. The molecule has 0 radical (unpaired) electrons. The van der Waals surface area contributed by atoms with Crippen molar-refractivity contribution in [3.05, 3.63) is 24.7 Å². The minimum Gasteiger partial charge on any atom is -0.371 e. The molecule has 3 heterocycles. The van der Waals surface area contributed by atoms with Gasteiger partial charge in [-0.05, 0) is 24.8 Å². The van der Waals surface area contributed by atoms with Crippen molar-refractivity contribution in [1.29, 1.82) is 0 Å². The van der Waals surface area contributed by atoms with Crippen molar-refractivity contribution in [2.45, 2.75) is 50.9 Å². The number of rotatable bonds is 6. The molecule has 1 unspecified atom stereocenters. The molecule has 1 aliphatic carbocycles. The van der Waals surface area contributed by atoms with Gasteiger partial charge in [0.05, 0.1) is 29.3 Å². The number of hydrogen-bond donors (Lipinski definition) is 2. The van der Waals surface area contributed by atoms with Gasteiger partial charge in [0.2, 0.25) is 0 Å². The van der Waals surface area contributed by atoms with Crippen LogP contribution in [-0.4, -0.2) is 50.3 Å². The summed E-state index contributed by atoms with van der Waals surface area (Å²) >= 11 is 0. The summed E-state index contributed by atoms with van der Waals surface area (Å²) in [5.41, 5.74) is 1.41. The summed E-state index contributed by atoms with van der Waals surface area (Å²) in [5, 5.41) is 13.9. The highest BCUT2D eigenvalue weighted by atomic mass is 19.4. The monoisotopic (exact) mass is 436 g/mol. The van der Waals surface area contributed by atoms with Crippen LogP contribution in [0.5, 0.6) is 0 Å². The fourth-order valence-electron chi connectivity index (χ4n) is 4.14. The standard InChI is InChI=1S/C20H23F3N6O2/c1-31-18(12-5-3-2-4-6-12)19(30)27-15-10-25-28-17(15)14-7-16-13(8-24-14)9-26-29(16)11-20(21,22)23/h7-10,12,18H,2-6,11H2,1H3,(H,25,28)(H,27,30). The first kappa shape index (κ1) is 21.3. The van der Waals surface area contributed by atoms with E-state index in [0.29, 0.717) is 22.5 Å². The maximum absolute atomic E-state index is 12.9. The lowest BCUT2D eigenvalue weighted by atomic mass is 9.85. The number of carbonyl (C=O) groups excluding carboxylic acids is 1. The molecule has 1 saturated carbocycles. The third-order valence-electron chi connectivity index (χ3n) is 5.60. The van der Waals surface area contributed by atoms with Crippen molar-refractivity contribution in [3.8, 4) is 11.4 Å². The minimum atomic E-state index is -4.40. The zero-order valence-electron chi connectivity index (χ0n) is 16.9. The minimum absolute atomic E-state index is 0.153. The number of anilines is 1. The van der Waals surface area contributed by atoms with Gasteiger partial charge in [-0.1, -0.05) is 19.3 Å². The topological polar surface area (TPSA) is 97.7 Å².